The number of hydrogen-bond donors (Lipinski definition) is 1. The second-order valence-electron chi connectivity index (χ2n) is 5.94. The summed E-state index contributed by atoms with van der Waals surface area (Å²) < 4.78 is 14.0. The van der Waals surface area contributed by atoms with Crippen molar-refractivity contribution in [1.82, 2.24) is 5.32 Å². The van der Waals surface area contributed by atoms with Gasteiger partial charge in [0.1, 0.15) is 5.82 Å². The predicted molar refractivity (Wildman–Crippen MR) is 79.5 cm³/mol. The first-order valence-electron chi connectivity index (χ1n) is 7.40. The highest BCUT2D eigenvalue weighted by molar-refractivity contribution is 9.10. The van der Waals surface area contributed by atoms with Crippen LogP contribution in [0.1, 0.15) is 44.2 Å². The molecule has 3 unspecified atom stereocenters. The van der Waals surface area contributed by atoms with Crippen LogP contribution in [-0.2, 0) is 0 Å². The van der Waals surface area contributed by atoms with Gasteiger partial charge in [-0.25, -0.2) is 4.39 Å². The molecule has 0 heterocycles. The van der Waals surface area contributed by atoms with Gasteiger partial charge in [0.25, 0.3) is 0 Å². The third kappa shape index (κ3) is 2.59. The summed E-state index contributed by atoms with van der Waals surface area (Å²) in [5, 5.41) is 3.68. The topological polar surface area (TPSA) is 12.0 Å². The van der Waals surface area contributed by atoms with Gasteiger partial charge in [0, 0.05) is 6.04 Å². The highest BCUT2D eigenvalue weighted by atomic mass is 79.9. The monoisotopic (exact) mass is 325 g/mol. The van der Waals surface area contributed by atoms with E-state index < -0.39 is 0 Å². The maximum absolute atomic E-state index is 13.4. The molecule has 2 fully saturated rings. The van der Waals surface area contributed by atoms with Gasteiger partial charge in [0.05, 0.1) is 4.47 Å². The molecule has 2 aliphatic carbocycles. The fourth-order valence-electron chi connectivity index (χ4n) is 3.85. The lowest BCUT2D eigenvalue weighted by molar-refractivity contribution is 0.417. The van der Waals surface area contributed by atoms with Gasteiger partial charge in [-0.3, -0.25) is 0 Å². The van der Waals surface area contributed by atoms with Crippen molar-refractivity contribution in [3.8, 4) is 0 Å². The number of fused-ring (bicyclic) bond motifs is 1. The first-order valence-corrected chi connectivity index (χ1v) is 8.20. The molecule has 1 aromatic rings. The van der Waals surface area contributed by atoms with Crippen molar-refractivity contribution >= 4 is 15.9 Å². The van der Waals surface area contributed by atoms with E-state index in [1.165, 1.54) is 24.8 Å². The Balaban J connectivity index is 1.80. The molecule has 2 aliphatic rings. The first-order chi connectivity index (χ1) is 9.22. The van der Waals surface area contributed by atoms with Crippen molar-refractivity contribution in [2.75, 3.05) is 6.54 Å². The molecule has 2 saturated carbocycles. The Bertz CT molecular complexity index is 452. The van der Waals surface area contributed by atoms with Gasteiger partial charge in [0.15, 0.2) is 0 Å². The van der Waals surface area contributed by atoms with Crippen molar-refractivity contribution in [3.05, 3.63) is 34.1 Å². The van der Waals surface area contributed by atoms with E-state index in [1.807, 2.05) is 12.1 Å². The Kier molecular flexibility index (Phi) is 3.95. The van der Waals surface area contributed by atoms with Gasteiger partial charge in [-0.1, -0.05) is 19.4 Å². The summed E-state index contributed by atoms with van der Waals surface area (Å²) in [6, 6.07) is 5.89. The van der Waals surface area contributed by atoms with Crippen molar-refractivity contribution in [2.24, 2.45) is 17.8 Å². The van der Waals surface area contributed by atoms with Crippen LogP contribution in [0.4, 0.5) is 4.39 Å². The average molecular weight is 326 g/mol. The maximum atomic E-state index is 13.4. The Labute approximate surface area is 123 Å². The molecular formula is C16H21BrFN. The molecule has 0 spiro atoms. The second-order valence-corrected chi connectivity index (χ2v) is 6.80. The van der Waals surface area contributed by atoms with Crippen molar-refractivity contribution < 1.29 is 4.39 Å². The summed E-state index contributed by atoms with van der Waals surface area (Å²) in [6.45, 7) is 3.23. The van der Waals surface area contributed by atoms with Crippen LogP contribution >= 0.6 is 15.9 Å². The number of nitrogens with one attached hydrogen (secondary N) is 1. The third-order valence-corrected chi connectivity index (χ3v) is 5.38. The van der Waals surface area contributed by atoms with E-state index in [-0.39, 0.29) is 5.82 Å². The largest absolute Gasteiger partial charge is 0.310 e. The number of hydrogen-bond acceptors (Lipinski definition) is 1. The van der Waals surface area contributed by atoms with Crippen molar-refractivity contribution in [3.63, 3.8) is 0 Å². The smallest absolute Gasteiger partial charge is 0.137 e. The van der Waals surface area contributed by atoms with Crippen LogP contribution in [0.15, 0.2) is 22.7 Å². The molecule has 104 valence electrons. The van der Waals surface area contributed by atoms with E-state index in [9.17, 15) is 4.39 Å². The minimum atomic E-state index is -0.172. The maximum Gasteiger partial charge on any atom is 0.137 e. The fraction of sp³-hybridized carbons (Fsp3) is 0.625. The molecule has 0 aliphatic heterocycles. The second kappa shape index (κ2) is 5.53. The Morgan fingerprint density at radius 1 is 1.37 bits per heavy atom. The Morgan fingerprint density at radius 3 is 2.74 bits per heavy atom. The summed E-state index contributed by atoms with van der Waals surface area (Å²) in [4.78, 5) is 0. The summed E-state index contributed by atoms with van der Waals surface area (Å²) in [5.74, 6) is 2.43. The minimum absolute atomic E-state index is 0.172. The van der Waals surface area contributed by atoms with Crippen LogP contribution in [-0.4, -0.2) is 6.54 Å². The van der Waals surface area contributed by atoms with E-state index in [0.717, 1.165) is 30.7 Å². The molecule has 1 N–H and O–H groups in total. The van der Waals surface area contributed by atoms with E-state index in [1.54, 1.807) is 6.07 Å². The summed E-state index contributed by atoms with van der Waals surface area (Å²) in [6.07, 6.45) is 5.32. The fourth-order valence-corrected chi connectivity index (χ4v) is 4.25. The number of rotatable bonds is 5. The standard InChI is InChI=1S/C16H21BrFN/c1-2-8-19-16(15-11-4-3-5-12(11)15)10-6-7-14(18)13(17)9-10/h6-7,9,11-12,15-16,19H,2-5,8H2,1H3. The molecule has 0 amide bonds. The first kappa shape index (κ1) is 13.6. The minimum Gasteiger partial charge on any atom is -0.310 e. The molecule has 0 aromatic heterocycles. The Morgan fingerprint density at radius 2 is 2.11 bits per heavy atom. The lowest BCUT2D eigenvalue weighted by Gasteiger charge is -2.21. The number of benzene rings is 1. The van der Waals surface area contributed by atoms with Gasteiger partial charge in [-0.2, -0.15) is 0 Å². The zero-order chi connectivity index (χ0) is 13.4. The molecule has 3 rings (SSSR count). The van der Waals surface area contributed by atoms with Gasteiger partial charge in [-0.15, -0.1) is 0 Å². The lowest BCUT2D eigenvalue weighted by atomic mass is 9.96. The quantitative estimate of drug-likeness (QED) is 0.829. The van der Waals surface area contributed by atoms with Crippen molar-refractivity contribution in [1.29, 1.82) is 0 Å². The lowest BCUT2D eigenvalue weighted by Crippen LogP contribution is -2.25. The summed E-state index contributed by atoms with van der Waals surface area (Å²) >= 11 is 3.31. The van der Waals surface area contributed by atoms with E-state index in [0.29, 0.717) is 10.5 Å². The molecule has 19 heavy (non-hydrogen) atoms. The SMILES string of the molecule is CCCNC(c1ccc(F)c(Br)c1)C1C2CCCC21. The van der Waals surface area contributed by atoms with Gasteiger partial charge >= 0.3 is 0 Å². The highest BCUT2D eigenvalue weighted by Gasteiger charge is 2.55. The summed E-state index contributed by atoms with van der Waals surface area (Å²) in [5.41, 5.74) is 1.24. The normalized spacial score (nSPS) is 30.2. The van der Waals surface area contributed by atoms with E-state index >= 15 is 0 Å². The highest BCUT2D eigenvalue weighted by Crippen LogP contribution is 2.62. The molecule has 3 atom stereocenters. The van der Waals surface area contributed by atoms with E-state index in [2.05, 4.69) is 28.2 Å². The van der Waals surface area contributed by atoms with Crippen LogP contribution in [0, 0.1) is 23.6 Å². The third-order valence-electron chi connectivity index (χ3n) is 4.77. The van der Waals surface area contributed by atoms with Crippen LogP contribution in [0.3, 0.4) is 0 Å². The zero-order valence-electron chi connectivity index (χ0n) is 11.3. The van der Waals surface area contributed by atoms with Crippen LogP contribution < -0.4 is 5.32 Å². The molecular weight excluding hydrogens is 305 g/mol. The predicted octanol–water partition coefficient (Wildman–Crippen LogP) is 4.68. The molecule has 0 saturated heterocycles. The molecule has 1 nitrogen and oxygen atoms in total. The van der Waals surface area contributed by atoms with Gasteiger partial charge in [-0.05, 0) is 77.2 Å². The van der Waals surface area contributed by atoms with Crippen LogP contribution in [0.5, 0.6) is 0 Å². The van der Waals surface area contributed by atoms with Crippen LogP contribution in [0.2, 0.25) is 0 Å². The molecule has 1 aromatic carbocycles. The Hall–Kier alpha value is -0.410. The molecule has 0 bridgehead atoms. The summed E-state index contributed by atoms with van der Waals surface area (Å²) in [7, 11) is 0. The molecule has 3 heteroatoms. The van der Waals surface area contributed by atoms with Gasteiger partial charge < -0.3 is 5.32 Å². The average Bonchev–Trinajstić information content (AvgIpc) is 2.86. The molecule has 0 radical (unpaired) electrons. The van der Waals surface area contributed by atoms with E-state index in [4.69, 9.17) is 0 Å². The number of halogens is 2. The zero-order valence-corrected chi connectivity index (χ0v) is 12.9. The van der Waals surface area contributed by atoms with Crippen molar-refractivity contribution in [2.45, 2.75) is 38.6 Å². The van der Waals surface area contributed by atoms with Gasteiger partial charge in [0.2, 0.25) is 0 Å². The van der Waals surface area contributed by atoms with Crippen LogP contribution in [0.25, 0.3) is 0 Å².